The zero-order valence-corrected chi connectivity index (χ0v) is 14.0. The Morgan fingerprint density at radius 2 is 1.88 bits per heavy atom. The average Bonchev–Trinajstić information content (AvgIpc) is 2.60. The Morgan fingerprint density at radius 1 is 1.16 bits per heavy atom. The molecule has 1 aromatic heterocycles. The van der Waals surface area contributed by atoms with E-state index in [0.29, 0.717) is 15.9 Å². The summed E-state index contributed by atoms with van der Waals surface area (Å²) in [6, 6.07) is 9.95. The van der Waals surface area contributed by atoms with Crippen LogP contribution in [-0.4, -0.2) is 21.3 Å². The number of carbonyl (C=O) groups is 1. The van der Waals surface area contributed by atoms with Crippen LogP contribution in [0.5, 0.6) is 0 Å². The van der Waals surface area contributed by atoms with Crippen molar-refractivity contribution in [2.24, 2.45) is 0 Å². The number of nitro benzene ring substituents is 1. The second kappa shape index (κ2) is 6.40. The number of carbonyl (C=O) groups excluding carboxylic acids is 1. The van der Waals surface area contributed by atoms with E-state index in [1.54, 1.807) is 6.07 Å². The number of pyridine rings is 1. The van der Waals surface area contributed by atoms with Crippen molar-refractivity contribution in [1.82, 2.24) is 4.98 Å². The Morgan fingerprint density at radius 3 is 2.56 bits per heavy atom. The Balaban J connectivity index is 2.31. The molecule has 126 valence electrons. The molecule has 0 saturated heterocycles. The first-order valence-electron chi connectivity index (χ1n) is 7.04. The maximum atomic E-state index is 11.8. The summed E-state index contributed by atoms with van der Waals surface area (Å²) in [5, 5.41) is 23.2. The molecule has 6 nitrogen and oxygen atoms in total. The van der Waals surface area contributed by atoms with Crippen molar-refractivity contribution >= 4 is 46.1 Å². The van der Waals surface area contributed by atoms with E-state index in [1.165, 1.54) is 42.6 Å². The minimum Gasteiger partial charge on any atom is -0.373 e. The highest BCUT2D eigenvalue weighted by molar-refractivity contribution is 6.33. The van der Waals surface area contributed by atoms with Gasteiger partial charge in [0.2, 0.25) is 0 Å². The van der Waals surface area contributed by atoms with Gasteiger partial charge in [-0.25, -0.2) is 0 Å². The zero-order valence-electron chi connectivity index (χ0n) is 12.5. The fraction of sp³-hybridized carbons (Fsp3) is 0.0588. The van der Waals surface area contributed by atoms with Crippen molar-refractivity contribution in [1.29, 1.82) is 0 Å². The third-order valence-corrected chi connectivity index (χ3v) is 4.35. The molecule has 1 heterocycles. The van der Waals surface area contributed by atoms with E-state index in [9.17, 15) is 20.0 Å². The number of aliphatic hydroxyl groups is 1. The van der Waals surface area contributed by atoms with Gasteiger partial charge in [0.05, 0.1) is 21.0 Å². The van der Waals surface area contributed by atoms with Crippen molar-refractivity contribution in [2.75, 3.05) is 0 Å². The molecule has 0 aliphatic carbocycles. The average molecular weight is 377 g/mol. The summed E-state index contributed by atoms with van der Waals surface area (Å²) in [5.41, 5.74) is -2.34. The van der Waals surface area contributed by atoms with Gasteiger partial charge < -0.3 is 5.11 Å². The predicted molar refractivity (Wildman–Crippen MR) is 93.9 cm³/mol. The van der Waals surface area contributed by atoms with Gasteiger partial charge in [-0.1, -0.05) is 35.3 Å². The number of aldehydes is 1. The van der Waals surface area contributed by atoms with Crippen molar-refractivity contribution in [3.8, 4) is 0 Å². The van der Waals surface area contributed by atoms with Crippen LogP contribution in [-0.2, 0) is 10.4 Å². The molecule has 3 aromatic rings. The molecule has 25 heavy (non-hydrogen) atoms. The highest BCUT2D eigenvalue weighted by atomic mass is 35.5. The van der Waals surface area contributed by atoms with Crippen LogP contribution in [0.25, 0.3) is 10.9 Å². The summed E-state index contributed by atoms with van der Waals surface area (Å²) in [6.45, 7) is 0. The van der Waals surface area contributed by atoms with Crippen LogP contribution >= 0.6 is 23.2 Å². The fourth-order valence-corrected chi connectivity index (χ4v) is 3.11. The normalized spacial score (nSPS) is 13.4. The van der Waals surface area contributed by atoms with Gasteiger partial charge in [0, 0.05) is 28.2 Å². The van der Waals surface area contributed by atoms with E-state index in [4.69, 9.17) is 23.2 Å². The monoisotopic (exact) mass is 376 g/mol. The van der Waals surface area contributed by atoms with Gasteiger partial charge in [0.25, 0.3) is 5.69 Å². The molecule has 1 atom stereocenters. The standard InChI is InChI=1S/C17H10Cl2N2O4/c18-11-5-10-6-13(14(19)7-15(10)20-8-11)17(23,9-22)12-3-1-2-4-16(12)21(24)25/h1-9,23H. The number of halogens is 2. The Kier molecular flexibility index (Phi) is 4.43. The number of nitrogens with zero attached hydrogens (tertiary/aromatic N) is 2. The maximum absolute atomic E-state index is 11.8. The summed E-state index contributed by atoms with van der Waals surface area (Å²) in [7, 11) is 0. The van der Waals surface area contributed by atoms with E-state index in [-0.39, 0.29) is 22.4 Å². The van der Waals surface area contributed by atoms with Crippen LogP contribution in [0.3, 0.4) is 0 Å². The summed E-state index contributed by atoms with van der Waals surface area (Å²) in [6.07, 6.45) is 1.66. The van der Waals surface area contributed by atoms with Gasteiger partial charge in [-0.05, 0) is 24.3 Å². The fourth-order valence-electron chi connectivity index (χ4n) is 2.64. The Labute approximate surface area is 151 Å². The van der Waals surface area contributed by atoms with Crippen molar-refractivity contribution < 1.29 is 14.8 Å². The second-order valence-corrected chi connectivity index (χ2v) is 6.18. The highest BCUT2D eigenvalue weighted by Crippen LogP contribution is 2.39. The van der Waals surface area contributed by atoms with Crippen LogP contribution in [0.4, 0.5) is 5.69 Å². The third kappa shape index (κ3) is 2.95. The summed E-state index contributed by atoms with van der Waals surface area (Å²) in [4.78, 5) is 26.5. The summed E-state index contributed by atoms with van der Waals surface area (Å²) in [5.74, 6) is 0. The first-order chi connectivity index (χ1) is 11.9. The Hall–Kier alpha value is -2.54. The van der Waals surface area contributed by atoms with Crippen LogP contribution in [0, 0.1) is 10.1 Å². The zero-order chi connectivity index (χ0) is 18.2. The van der Waals surface area contributed by atoms with Crippen LogP contribution in [0.2, 0.25) is 10.0 Å². The number of hydrogen-bond donors (Lipinski definition) is 1. The molecule has 8 heteroatoms. The quantitative estimate of drug-likeness (QED) is 0.423. The number of hydrogen-bond acceptors (Lipinski definition) is 5. The summed E-state index contributed by atoms with van der Waals surface area (Å²) < 4.78 is 0. The molecule has 2 aromatic carbocycles. The van der Waals surface area contributed by atoms with Crippen LogP contribution in [0.1, 0.15) is 11.1 Å². The molecule has 0 radical (unpaired) electrons. The molecule has 0 spiro atoms. The molecule has 1 unspecified atom stereocenters. The Bertz CT molecular complexity index is 1010. The molecule has 3 rings (SSSR count). The van der Waals surface area contributed by atoms with Crippen LogP contribution in [0.15, 0.2) is 48.7 Å². The van der Waals surface area contributed by atoms with E-state index < -0.39 is 16.2 Å². The first-order valence-corrected chi connectivity index (χ1v) is 7.80. The predicted octanol–water partition coefficient (Wildman–Crippen LogP) is 3.88. The molecular weight excluding hydrogens is 367 g/mol. The molecule has 0 aliphatic heterocycles. The molecule has 1 N–H and O–H groups in total. The number of para-hydroxylation sites is 1. The van der Waals surface area contributed by atoms with Gasteiger partial charge in [-0.3, -0.25) is 19.9 Å². The summed E-state index contributed by atoms with van der Waals surface area (Å²) >= 11 is 12.2. The first kappa shape index (κ1) is 17.3. The second-order valence-electron chi connectivity index (χ2n) is 5.34. The van der Waals surface area contributed by atoms with E-state index in [1.807, 2.05) is 0 Å². The van der Waals surface area contributed by atoms with E-state index in [2.05, 4.69) is 4.98 Å². The van der Waals surface area contributed by atoms with Crippen molar-refractivity contribution in [3.63, 3.8) is 0 Å². The van der Waals surface area contributed by atoms with Gasteiger partial charge in [-0.2, -0.15) is 0 Å². The lowest BCUT2D eigenvalue weighted by molar-refractivity contribution is -0.386. The number of nitro groups is 1. The third-order valence-electron chi connectivity index (χ3n) is 3.83. The molecule has 0 saturated carbocycles. The smallest absolute Gasteiger partial charge is 0.276 e. The molecule has 0 aliphatic rings. The van der Waals surface area contributed by atoms with Crippen LogP contribution < -0.4 is 0 Å². The molecular formula is C17H10Cl2N2O4. The number of rotatable bonds is 4. The molecule has 0 fully saturated rings. The lowest BCUT2D eigenvalue weighted by Crippen LogP contribution is -2.30. The van der Waals surface area contributed by atoms with E-state index in [0.717, 1.165) is 0 Å². The molecule has 0 amide bonds. The topological polar surface area (TPSA) is 93.3 Å². The number of aromatic nitrogens is 1. The minimum atomic E-state index is -2.29. The highest BCUT2D eigenvalue weighted by Gasteiger charge is 2.39. The maximum Gasteiger partial charge on any atom is 0.276 e. The SMILES string of the molecule is O=CC(O)(c1cc2cc(Cl)cnc2cc1Cl)c1ccccc1[N+](=O)[O-]. The number of fused-ring (bicyclic) bond motifs is 1. The largest absolute Gasteiger partial charge is 0.373 e. The van der Waals surface area contributed by atoms with Crippen molar-refractivity contribution in [3.05, 3.63) is 79.9 Å². The van der Waals surface area contributed by atoms with Crippen molar-refractivity contribution in [2.45, 2.75) is 5.60 Å². The lowest BCUT2D eigenvalue weighted by Gasteiger charge is -2.24. The van der Waals surface area contributed by atoms with Gasteiger partial charge in [0.1, 0.15) is 0 Å². The van der Waals surface area contributed by atoms with Gasteiger partial charge in [-0.15, -0.1) is 0 Å². The lowest BCUT2D eigenvalue weighted by atomic mass is 9.86. The van der Waals surface area contributed by atoms with Gasteiger partial charge in [0.15, 0.2) is 11.9 Å². The molecule has 0 bridgehead atoms. The van der Waals surface area contributed by atoms with E-state index >= 15 is 0 Å². The minimum absolute atomic E-state index is 0.00929. The number of benzene rings is 2. The van der Waals surface area contributed by atoms with Gasteiger partial charge >= 0.3 is 0 Å².